The molecule has 0 atom stereocenters. The molecule has 0 bridgehead atoms. The number of thiophene rings is 2. The number of benzene rings is 7. The molecule has 7 aromatic carbocycles. The first-order chi connectivity index (χ1) is 26.2. The molecular weight excluding hydrogens is 683 g/mol. The Hall–Kier alpha value is -6.40. The van der Waals surface area contributed by atoms with E-state index >= 15 is 0 Å². The largest absolute Gasteiger partial charge is 0.292 e. The number of hydrogen-bond donors (Lipinski definition) is 0. The SMILES string of the molecule is C=Cc1ccc2c(c1)sc1c2c2ccc(C=C)cc2c2c1c1ccccc1n2-c1nc(-c2ccccc2-c2ccccc2)nc2sc3ccccc3c12. The Morgan fingerprint density at radius 1 is 0.509 bits per heavy atom. The molecule has 0 spiro atoms. The highest BCUT2D eigenvalue weighted by Gasteiger charge is 2.26. The molecule has 5 heteroatoms. The summed E-state index contributed by atoms with van der Waals surface area (Å²) in [5.74, 6) is 1.59. The molecule has 0 saturated heterocycles. The molecule has 0 aliphatic heterocycles. The van der Waals surface area contributed by atoms with E-state index < -0.39 is 0 Å². The van der Waals surface area contributed by atoms with E-state index in [0.717, 1.165) is 60.3 Å². The fourth-order valence-corrected chi connectivity index (χ4v) is 10.6. The van der Waals surface area contributed by atoms with E-state index in [-0.39, 0.29) is 0 Å². The Morgan fingerprint density at radius 3 is 2.02 bits per heavy atom. The van der Waals surface area contributed by atoms with Crippen molar-refractivity contribution in [2.45, 2.75) is 0 Å². The third-order valence-corrected chi connectivity index (χ3v) is 12.8. The first kappa shape index (κ1) is 30.2. The number of hydrogen-bond acceptors (Lipinski definition) is 4. The third-order valence-electron chi connectivity index (χ3n) is 10.5. The lowest BCUT2D eigenvalue weighted by Gasteiger charge is -2.15. The second-order valence-electron chi connectivity index (χ2n) is 13.4. The second-order valence-corrected chi connectivity index (χ2v) is 15.5. The monoisotopic (exact) mass is 711 g/mol. The van der Waals surface area contributed by atoms with Crippen LogP contribution < -0.4 is 0 Å². The second kappa shape index (κ2) is 11.6. The summed E-state index contributed by atoms with van der Waals surface area (Å²) in [4.78, 5) is 12.0. The first-order valence-electron chi connectivity index (χ1n) is 17.6. The molecule has 248 valence electrons. The number of para-hydroxylation sites is 1. The Labute approximate surface area is 313 Å². The lowest BCUT2D eigenvalue weighted by molar-refractivity contribution is 1.08. The number of rotatable bonds is 5. The van der Waals surface area contributed by atoms with Gasteiger partial charge in [0.1, 0.15) is 4.83 Å². The highest BCUT2D eigenvalue weighted by molar-refractivity contribution is 7.27. The van der Waals surface area contributed by atoms with Crippen LogP contribution in [0.2, 0.25) is 0 Å². The number of nitrogens with zero attached hydrogens (tertiary/aromatic N) is 3. The third kappa shape index (κ3) is 4.38. The fraction of sp³-hybridized carbons (Fsp3) is 0. The lowest BCUT2D eigenvalue weighted by Crippen LogP contribution is -2.03. The van der Waals surface area contributed by atoms with Gasteiger partial charge < -0.3 is 0 Å². The molecule has 0 unspecified atom stereocenters. The Bertz CT molecular complexity index is 3330. The van der Waals surface area contributed by atoms with Crippen LogP contribution >= 0.6 is 22.7 Å². The maximum Gasteiger partial charge on any atom is 0.163 e. The van der Waals surface area contributed by atoms with Crippen molar-refractivity contribution in [2.24, 2.45) is 0 Å². The Kier molecular flexibility index (Phi) is 6.59. The van der Waals surface area contributed by atoms with Crippen LogP contribution in [0.4, 0.5) is 0 Å². The van der Waals surface area contributed by atoms with E-state index in [0.29, 0.717) is 5.82 Å². The molecule has 11 rings (SSSR count). The molecule has 0 fully saturated rings. The molecule has 0 aliphatic carbocycles. The maximum atomic E-state index is 5.65. The standard InChI is InChI=1S/C48H29N3S2/c1-3-28-22-24-32-37(26-28)44-42(45-41(32)36-25-23-29(4-2)27-40(36)52-45)34-18-10-12-20-38(34)51(44)47-43-35-19-11-13-21-39(35)53-48(43)50-46(49-47)33-17-9-8-16-31(33)30-14-6-5-7-15-30/h3-27H,1-2H2. The van der Waals surface area contributed by atoms with Crippen molar-refractivity contribution in [2.75, 3.05) is 0 Å². The first-order valence-corrected chi connectivity index (χ1v) is 19.3. The highest BCUT2D eigenvalue weighted by atomic mass is 32.1. The minimum Gasteiger partial charge on any atom is -0.292 e. The van der Waals surface area contributed by atoms with Crippen molar-refractivity contribution >= 4 is 108 Å². The van der Waals surface area contributed by atoms with Crippen molar-refractivity contribution < 1.29 is 0 Å². The van der Waals surface area contributed by atoms with Crippen LogP contribution in [0.1, 0.15) is 11.1 Å². The van der Waals surface area contributed by atoms with Gasteiger partial charge in [-0.05, 0) is 51.9 Å². The summed E-state index contributed by atoms with van der Waals surface area (Å²) in [6.45, 7) is 8.24. The maximum absolute atomic E-state index is 5.65. The van der Waals surface area contributed by atoms with Gasteiger partial charge in [0.25, 0.3) is 0 Å². The quantitative estimate of drug-likeness (QED) is 0.178. The van der Waals surface area contributed by atoms with Crippen LogP contribution in [0, 0.1) is 0 Å². The molecule has 0 radical (unpaired) electrons. The average molecular weight is 712 g/mol. The van der Waals surface area contributed by atoms with E-state index in [1.54, 1.807) is 11.3 Å². The van der Waals surface area contributed by atoms with Gasteiger partial charge in [0, 0.05) is 52.0 Å². The fourth-order valence-electron chi connectivity index (χ4n) is 8.17. The minimum atomic E-state index is 0.709. The molecular formula is C48H29N3S2. The number of fused-ring (bicyclic) bond motifs is 13. The van der Waals surface area contributed by atoms with Gasteiger partial charge in [-0.15, -0.1) is 22.7 Å². The summed E-state index contributed by atoms with van der Waals surface area (Å²) in [5, 5.41) is 9.60. The predicted octanol–water partition coefficient (Wildman–Crippen LogP) is 14.1. The molecule has 0 saturated carbocycles. The smallest absolute Gasteiger partial charge is 0.163 e. The summed E-state index contributed by atoms with van der Waals surface area (Å²) >= 11 is 3.59. The Balaban J connectivity index is 1.36. The van der Waals surface area contributed by atoms with E-state index in [4.69, 9.17) is 9.97 Å². The highest BCUT2D eigenvalue weighted by Crippen LogP contribution is 2.49. The zero-order valence-corrected chi connectivity index (χ0v) is 30.1. The van der Waals surface area contributed by atoms with Gasteiger partial charge in [0.2, 0.25) is 0 Å². The Morgan fingerprint density at radius 2 is 1.19 bits per heavy atom. The van der Waals surface area contributed by atoms with E-state index in [9.17, 15) is 0 Å². The molecule has 11 aromatic rings. The summed E-state index contributed by atoms with van der Waals surface area (Å²) in [7, 11) is 0. The summed E-state index contributed by atoms with van der Waals surface area (Å²) in [6, 6.07) is 49.9. The molecule has 0 aliphatic rings. The van der Waals surface area contributed by atoms with Gasteiger partial charge >= 0.3 is 0 Å². The molecule has 4 aromatic heterocycles. The summed E-state index contributed by atoms with van der Waals surface area (Å²) in [5.41, 5.74) is 7.70. The zero-order valence-electron chi connectivity index (χ0n) is 28.5. The van der Waals surface area contributed by atoms with E-state index in [1.165, 1.54) is 46.4 Å². The van der Waals surface area contributed by atoms with Gasteiger partial charge in [-0.1, -0.05) is 141 Å². The average Bonchev–Trinajstić information content (AvgIpc) is 3.90. The summed E-state index contributed by atoms with van der Waals surface area (Å²) in [6.07, 6.45) is 3.87. The van der Waals surface area contributed by atoms with Crippen molar-refractivity contribution in [1.82, 2.24) is 14.5 Å². The summed E-state index contributed by atoms with van der Waals surface area (Å²) < 4.78 is 6.15. The van der Waals surface area contributed by atoms with Crippen LogP contribution in [0.15, 0.2) is 153 Å². The molecule has 3 nitrogen and oxygen atoms in total. The topological polar surface area (TPSA) is 30.7 Å². The van der Waals surface area contributed by atoms with Gasteiger partial charge in [0.15, 0.2) is 11.6 Å². The zero-order chi connectivity index (χ0) is 35.2. The van der Waals surface area contributed by atoms with Crippen LogP contribution in [-0.2, 0) is 0 Å². The van der Waals surface area contributed by atoms with Crippen LogP contribution in [0.5, 0.6) is 0 Å². The lowest BCUT2D eigenvalue weighted by atomic mass is 9.97. The molecule has 53 heavy (non-hydrogen) atoms. The molecule has 4 heterocycles. The normalized spacial score (nSPS) is 11.9. The van der Waals surface area contributed by atoms with E-state index in [2.05, 4.69) is 157 Å². The van der Waals surface area contributed by atoms with Gasteiger partial charge in [-0.3, -0.25) is 4.57 Å². The van der Waals surface area contributed by atoms with Gasteiger partial charge in [-0.2, -0.15) is 0 Å². The van der Waals surface area contributed by atoms with Crippen LogP contribution in [0.25, 0.3) is 114 Å². The van der Waals surface area contributed by atoms with Crippen LogP contribution in [0.3, 0.4) is 0 Å². The van der Waals surface area contributed by atoms with Crippen LogP contribution in [-0.4, -0.2) is 14.5 Å². The molecule has 0 N–H and O–H groups in total. The van der Waals surface area contributed by atoms with Gasteiger partial charge in [0.05, 0.1) is 16.4 Å². The van der Waals surface area contributed by atoms with E-state index in [1.807, 2.05) is 23.5 Å². The van der Waals surface area contributed by atoms with Crippen molar-refractivity contribution in [1.29, 1.82) is 0 Å². The minimum absolute atomic E-state index is 0.709. The van der Waals surface area contributed by atoms with Crippen molar-refractivity contribution in [3.8, 4) is 28.3 Å². The van der Waals surface area contributed by atoms with Crippen molar-refractivity contribution in [3.63, 3.8) is 0 Å². The van der Waals surface area contributed by atoms with Crippen molar-refractivity contribution in [3.05, 3.63) is 164 Å². The molecule has 0 amide bonds. The number of aromatic nitrogens is 3. The predicted molar refractivity (Wildman–Crippen MR) is 231 cm³/mol. The van der Waals surface area contributed by atoms with Gasteiger partial charge in [-0.25, -0.2) is 9.97 Å².